The van der Waals surface area contributed by atoms with Crippen molar-refractivity contribution < 1.29 is 23.7 Å². The fraction of sp³-hybridized carbons (Fsp3) is 0.318. The number of urea groups is 1. The summed E-state index contributed by atoms with van der Waals surface area (Å²) in [4.78, 5) is 33.3. The van der Waals surface area contributed by atoms with Crippen LogP contribution in [0.1, 0.15) is 11.1 Å². The largest absolute Gasteiger partial charge is 0.461 e. The molecule has 0 aromatic heterocycles. The van der Waals surface area contributed by atoms with Gasteiger partial charge >= 0.3 is 12.1 Å². The molecule has 1 saturated heterocycles. The van der Waals surface area contributed by atoms with Crippen molar-refractivity contribution in [3.8, 4) is 0 Å². The molecule has 33 heavy (non-hydrogen) atoms. The Kier molecular flexibility index (Phi) is 6.78. The highest BCUT2D eigenvalue weighted by Gasteiger charge is 2.44. The van der Waals surface area contributed by atoms with E-state index in [2.05, 4.69) is 15.3 Å². The van der Waals surface area contributed by atoms with Crippen molar-refractivity contribution in [3.05, 3.63) is 65.7 Å². The van der Waals surface area contributed by atoms with Crippen molar-refractivity contribution >= 4 is 30.6 Å². The van der Waals surface area contributed by atoms with E-state index in [1.165, 1.54) is 0 Å². The van der Waals surface area contributed by atoms with E-state index in [0.717, 1.165) is 5.56 Å². The third-order valence-electron chi connectivity index (χ3n) is 5.36. The van der Waals surface area contributed by atoms with Crippen LogP contribution in [0.3, 0.4) is 0 Å². The van der Waals surface area contributed by atoms with Crippen LogP contribution >= 0.6 is 7.37 Å². The van der Waals surface area contributed by atoms with Gasteiger partial charge in [0, 0.05) is 19.0 Å². The number of benzene rings is 2. The molecule has 2 aromatic carbocycles. The van der Waals surface area contributed by atoms with Gasteiger partial charge in [-0.05, 0) is 23.3 Å². The fourth-order valence-corrected chi connectivity index (χ4v) is 5.27. The van der Waals surface area contributed by atoms with Gasteiger partial charge < -0.3 is 25.4 Å². The summed E-state index contributed by atoms with van der Waals surface area (Å²) < 4.78 is 23.3. The monoisotopic (exact) mass is 471 g/mol. The third kappa shape index (κ3) is 5.24. The predicted molar refractivity (Wildman–Crippen MR) is 125 cm³/mol. The molecule has 3 unspecified atom stereocenters. The first-order valence-corrected chi connectivity index (χ1v) is 12.3. The number of nitrogens with two attached hydrogens (primary N) is 1. The summed E-state index contributed by atoms with van der Waals surface area (Å²) >= 11 is 0. The highest BCUT2D eigenvalue weighted by molar-refractivity contribution is 7.65. The van der Waals surface area contributed by atoms with Crippen LogP contribution in [-0.2, 0) is 26.7 Å². The summed E-state index contributed by atoms with van der Waals surface area (Å²) in [5, 5.41) is 3.20. The summed E-state index contributed by atoms with van der Waals surface area (Å²) in [6.07, 6.45) is -0.609. The molecule has 2 aliphatic heterocycles. The summed E-state index contributed by atoms with van der Waals surface area (Å²) in [5.74, 6) is 0.219. The molecular weight excluding hydrogens is 445 g/mol. The Morgan fingerprint density at radius 1 is 1.15 bits per heavy atom. The van der Waals surface area contributed by atoms with Crippen molar-refractivity contribution in [3.63, 3.8) is 0 Å². The van der Waals surface area contributed by atoms with Crippen LogP contribution < -0.4 is 16.4 Å². The minimum atomic E-state index is -3.56. The molecule has 3 atom stereocenters. The van der Waals surface area contributed by atoms with Crippen molar-refractivity contribution in [1.29, 1.82) is 0 Å². The lowest BCUT2D eigenvalue weighted by Gasteiger charge is -2.26. The Morgan fingerprint density at radius 2 is 1.91 bits per heavy atom. The van der Waals surface area contributed by atoms with Gasteiger partial charge in [-0.25, -0.2) is 9.79 Å². The van der Waals surface area contributed by atoms with Gasteiger partial charge in [-0.2, -0.15) is 4.99 Å². The highest BCUT2D eigenvalue weighted by Crippen LogP contribution is 2.43. The van der Waals surface area contributed by atoms with Crippen molar-refractivity contribution in [2.24, 2.45) is 15.7 Å². The zero-order valence-corrected chi connectivity index (χ0v) is 19.0. The van der Waals surface area contributed by atoms with E-state index in [0.29, 0.717) is 17.5 Å². The standard InChI is InChI=1S/C22H26N5O5P/c1-31-10-11-32-21-25-19(23)18-20(26-21)27(22(28)24-18)13-15-6-5-7-16(12-15)14-33(29,30)17-8-3-2-4-9-17/h2-9,12,18,20H,10-11,13-14H2,1H3,(H,24,28)(H,29,30)(H2,23,25,26). The lowest BCUT2D eigenvalue weighted by molar-refractivity contribution is 0.138. The number of methoxy groups -OCH3 is 1. The second-order valence-corrected chi connectivity index (χ2v) is 10.0. The van der Waals surface area contributed by atoms with Gasteiger partial charge in [-0.15, -0.1) is 0 Å². The molecule has 2 heterocycles. The molecule has 1 fully saturated rings. The first-order valence-electron chi connectivity index (χ1n) is 10.4. The molecule has 0 aliphatic carbocycles. The van der Waals surface area contributed by atoms with Gasteiger partial charge in [0.2, 0.25) is 7.37 Å². The Labute approximate surface area is 191 Å². The number of amidine groups is 2. The van der Waals surface area contributed by atoms with Gasteiger partial charge in [0.15, 0.2) is 6.17 Å². The third-order valence-corrected chi connectivity index (χ3v) is 7.26. The maximum Gasteiger partial charge on any atom is 0.320 e. The van der Waals surface area contributed by atoms with Crippen molar-refractivity contribution in [2.45, 2.75) is 24.9 Å². The van der Waals surface area contributed by atoms with E-state index in [1.807, 2.05) is 12.1 Å². The molecule has 0 spiro atoms. The highest BCUT2D eigenvalue weighted by atomic mass is 31.2. The number of aliphatic imine (C=N–C) groups is 2. The molecule has 4 rings (SSSR count). The Hall–Kier alpha value is -3.20. The van der Waals surface area contributed by atoms with Crippen LogP contribution in [0.4, 0.5) is 4.79 Å². The summed E-state index contributed by atoms with van der Waals surface area (Å²) in [6.45, 7) is 0.869. The molecule has 2 amide bonds. The van der Waals surface area contributed by atoms with Crippen molar-refractivity contribution in [2.75, 3.05) is 20.3 Å². The van der Waals surface area contributed by atoms with E-state index in [1.54, 1.807) is 54.5 Å². The predicted octanol–water partition coefficient (Wildman–Crippen LogP) is 1.39. The van der Waals surface area contributed by atoms with Crippen LogP contribution in [0.2, 0.25) is 0 Å². The number of nitrogens with zero attached hydrogens (tertiary/aromatic N) is 3. The number of carbonyl (C=O) groups is 1. The second kappa shape index (κ2) is 9.74. The molecule has 0 saturated carbocycles. The van der Waals surface area contributed by atoms with Crippen LogP contribution in [0.25, 0.3) is 0 Å². The maximum atomic E-state index is 12.9. The number of amides is 2. The van der Waals surface area contributed by atoms with E-state index in [4.69, 9.17) is 15.2 Å². The number of ether oxygens (including phenoxy) is 2. The zero-order chi connectivity index (χ0) is 23.4. The molecule has 2 aliphatic rings. The maximum absolute atomic E-state index is 12.9. The van der Waals surface area contributed by atoms with Crippen molar-refractivity contribution in [1.82, 2.24) is 10.2 Å². The minimum absolute atomic E-state index is 0.00164. The minimum Gasteiger partial charge on any atom is -0.461 e. The molecular formula is C22H26N5O5P. The molecule has 0 radical (unpaired) electrons. The van der Waals surface area contributed by atoms with Crippen LogP contribution in [0.5, 0.6) is 0 Å². The number of hydrogen-bond acceptors (Lipinski definition) is 7. The van der Waals surface area contributed by atoms with Gasteiger partial charge in [-0.3, -0.25) is 9.46 Å². The topological polar surface area (TPSA) is 139 Å². The Balaban J connectivity index is 1.50. The lowest BCUT2D eigenvalue weighted by Crippen LogP contribution is -2.48. The normalized spacial score (nSPS) is 21.5. The number of fused-ring (bicyclic) bond motifs is 1. The molecule has 0 bridgehead atoms. The molecule has 174 valence electrons. The zero-order valence-electron chi connectivity index (χ0n) is 18.1. The Bertz CT molecular complexity index is 1120. The summed E-state index contributed by atoms with van der Waals surface area (Å²) in [5.41, 5.74) is 7.54. The number of rotatable bonds is 8. The number of carbonyl (C=O) groups excluding carboxylic acids is 1. The number of nitrogens with one attached hydrogen (secondary N) is 1. The smallest absolute Gasteiger partial charge is 0.320 e. The fourth-order valence-electron chi connectivity index (χ4n) is 3.76. The van der Waals surface area contributed by atoms with Gasteiger partial charge in [-0.1, -0.05) is 42.5 Å². The summed E-state index contributed by atoms with van der Waals surface area (Å²) in [7, 11) is -2.00. The molecule has 11 heteroatoms. The summed E-state index contributed by atoms with van der Waals surface area (Å²) in [6, 6.07) is 15.1. The first-order chi connectivity index (χ1) is 15.9. The number of hydrogen-bond donors (Lipinski definition) is 3. The molecule has 10 nitrogen and oxygen atoms in total. The SMILES string of the molecule is COCCOC1=NC2C(NC(=O)N2Cc2cccc(CP(=O)(O)c3ccccc3)c2)C(N)=N1. The average Bonchev–Trinajstić information content (AvgIpc) is 3.10. The first kappa shape index (κ1) is 23.0. The van der Waals surface area contributed by atoms with E-state index in [9.17, 15) is 14.3 Å². The van der Waals surface area contributed by atoms with Crippen LogP contribution in [0, 0.1) is 0 Å². The van der Waals surface area contributed by atoms with E-state index in [-0.39, 0.29) is 37.2 Å². The van der Waals surface area contributed by atoms with E-state index >= 15 is 0 Å². The average molecular weight is 471 g/mol. The second-order valence-electron chi connectivity index (χ2n) is 7.77. The van der Waals surface area contributed by atoms with Gasteiger partial charge in [0.25, 0.3) is 0 Å². The quantitative estimate of drug-likeness (QED) is 0.393. The van der Waals surface area contributed by atoms with E-state index < -0.39 is 19.6 Å². The lowest BCUT2D eigenvalue weighted by atomic mass is 10.1. The molecule has 2 aromatic rings. The van der Waals surface area contributed by atoms with Gasteiger partial charge in [0.05, 0.1) is 12.8 Å². The Morgan fingerprint density at radius 3 is 2.67 bits per heavy atom. The van der Waals surface area contributed by atoms with Gasteiger partial charge in [0.1, 0.15) is 18.5 Å². The molecule has 4 N–H and O–H groups in total. The van der Waals surface area contributed by atoms with Crippen LogP contribution in [-0.4, -0.2) is 60.2 Å². The van der Waals surface area contributed by atoms with Crippen LogP contribution in [0.15, 0.2) is 64.6 Å².